The van der Waals surface area contributed by atoms with Crippen LogP contribution in [0.4, 0.5) is 11.4 Å². The van der Waals surface area contributed by atoms with Crippen molar-refractivity contribution in [2.24, 2.45) is 5.92 Å². The summed E-state index contributed by atoms with van der Waals surface area (Å²) >= 11 is 0. The molecule has 0 spiro atoms. The largest absolute Gasteiger partial charge is 0.370 e. The molecule has 0 bridgehead atoms. The molecule has 2 unspecified atom stereocenters. The first-order valence-corrected chi connectivity index (χ1v) is 10.8. The summed E-state index contributed by atoms with van der Waals surface area (Å²) in [6, 6.07) is 18.8. The molecule has 2 heterocycles. The monoisotopic (exact) mass is 411 g/mol. The van der Waals surface area contributed by atoms with Gasteiger partial charge in [-0.15, -0.1) is 0 Å². The third-order valence-electron chi connectivity index (χ3n) is 6.16. The van der Waals surface area contributed by atoms with Gasteiger partial charge in [0, 0.05) is 41.3 Å². The van der Waals surface area contributed by atoms with E-state index in [0.717, 1.165) is 48.4 Å². The molecule has 0 radical (unpaired) electrons. The number of hydrogen-bond acceptors (Lipinski definition) is 3. The number of Topliss-reactive ketones (excluding diaryl/α,β-unsaturated/α-hetero) is 1. The Bertz CT molecular complexity index is 1140. The number of ketones is 1. The second-order valence-corrected chi connectivity index (χ2v) is 8.21. The molecule has 0 fully saturated rings. The Morgan fingerprint density at radius 1 is 0.968 bits per heavy atom. The van der Waals surface area contributed by atoms with Gasteiger partial charge in [-0.05, 0) is 67.3 Å². The number of carbonyl (C=O) groups is 2. The average molecular weight is 412 g/mol. The molecule has 0 saturated carbocycles. The Labute approximate surface area is 181 Å². The number of rotatable bonds is 4. The van der Waals surface area contributed by atoms with Gasteiger partial charge in [0.05, 0.1) is 0 Å². The normalized spacial score (nSPS) is 19.5. The van der Waals surface area contributed by atoms with Crippen molar-refractivity contribution < 1.29 is 9.59 Å². The Balaban J connectivity index is 1.35. The van der Waals surface area contributed by atoms with Gasteiger partial charge in [-0.2, -0.15) is 0 Å². The zero-order valence-corrected chi connectivity index (χ0v) is 17.3. The number of anilines is 2. The summed E-state index contributed by atoms with van der Waals surface area (Å²) in [6.45, 7) is 0.733. The van der Waals surface area contributed by atoms with Crippen LogP contribution in [0.3, 0.4) is 0 Å². The summed E-state index contributed by atoms with van der Waals surface area (Å²) in [4.78, 5) is 25.9. The van der Waals surface area contributed by atoms with Crippen LogP contribution in [0.25, 0.3) is 0 Å². The lowest BCUT2D eigenvalue weighted by molar-refractivity contribution is -0.120. The van der Waals surface area contributed by atoms with Crippen molar-refractivity contribution in [3.8, 4) is 0 Å². The summed E-state index contributed by atoms with van der Waals surface area (Å²) in [7, 11) is 0. The van der Waals surface area contributed by atoms with Gasteiger partial charge >= 0.3 is 0 Å². The van der Waals surface area contributed by atoms with Crippen molar-refractivity contribution in [2.45, 2.75) is 31.8 Å². The molecule has 2 aromatic carbocycles. The Hall–Kier alpha value is -3.60. The third-order valence-corrected chi connectivity index (χ3v) is 6.16. The number of benzene rings is 2. The van der Waals surface area contributed by atoms with Crippen LogP contribution >= 0.6 is 0 Å². The highest BCUT2D eigenvalue weighted by Crippen LogP contribution is 2.31. The second-order valence-electron chi connectivity index (χ2n) is 8.21. The minimum atomic E-state index is -0.465. The second kappa shape index (κ2) is 8.26. The Morgan fingerprint density at radius 2 is 1.81 bits per heavy atom. The van der Waals surface area contributed by atoms with E-state index in [1.165, 1.54) is 0 Å². The molecule has 5 heteroatoms. The van der Waals surface area contributed by atoms with Crippen molar-refractivity contribution in [3.05, 3.63) is 95.8 Å². The van der Waals surface area contributed by atoms with Crippen LogP contribution in [0, 0.1) is 5.92 Å². The molecular weight excluding hydrogens is 386 g/mol. The van der Waals surface area contributed by atoms with Gasteiger partial charge in [-0.3, -0.25) is 9.59 Å². The predicted molar refractivity (Wildman–Crippen MR) is 122 cm³/mol. The quantitative estimate of drug-likeness (QED) is 0.459. The standard InChI is InChI=1S/C26H25N3O2/c30-25(18-12-14-21(15-13-18)27-26(31)19-7-2-1-3-8-19)24-23-11-6-16-29(23)17-20-9-4-5-10-22(20)28-24/h1-2,4-6,9-16,19,24,28H,3,7-8,17H2,(H,27,31). The summed E-state index contributed by atoms with van der Waals surface area (Å²) in [5, 5.41) is 6.43. The van der Waals surface area contributed by atoms with Gasteiger partial charge in [0.1, 0.15) is 6.04 Å². The maximum absolute atomic E-state index is 13.4. The molecule has 1 aliphatic heterocycles. The van der Waals surface area contributed by atoms with E-state index in [2.05, 4.69) is 33.4 Å². The molecule has 31 heavy (non-hydrogen) atoms. The van der Waals surface area contributed by atoms with E-state index in [0.29, 0.717) is 5.56 Å². The molecule has 2 atom stereocenters. The smallest absolute Gasteiger partial charge is 0.227 e. The lowest BCUT2D eigenvalue weighted by atomic mass is 9.93. The van der Waals surface area contributed by atoms with Crippen molar-refractivity contribution in [2.75, 3.05) is 10.6 Å². The van der Waals surface area contributed by atoms with E-state index in [1.807, 2.05) is 48.7 Å². The van der Waals surface area contributed by atoms with Gasteiger partial charge in [-0.1, -0.05) is 30.4 Å². The van der Waals surface area contributed by atoms with Crippen LogP contribution in [0.2, 0.25) is 0 Å². The maximum atomic E-state index is 13.4. The fourth-order valence-corrected chi connectivity index (χ4v) is 4.41. The van der Waals surface area contributed by atoms with Crippen LogP contribution in [-0.4, -0.2) is 16.3 Å². The van der Waals surface area contributed by atoms with E-state index in [1.54, 1.807) is 12.1 Å². The zero-order valence-electron chi connectivity index (χ0n) is 17.3. The summed E-state index contributed by atoms with van der Waals surface area (Å²) < 4.78 is 2.12. The number of hydrogen-bond donors (Lipinski definition) is 2. The van der Waals surface area contributed by atoms with Gasteiger partial charge in [0.25, 0.3) is 0 Å². The molecule has 3 aromatic rings. The lowest BCUT2D eigenvalue weighted by Gasteiger charge is -2.19. The van der Waals surface area contributed by atoms with E-state index in [-0.39, 0.29) is 17.6 Å². The summed E-state index contributed by atoms with van der Waals surface area (Å²) in [5.74, 6) is 0.0737. The van der Waals surface area contributed by atoms with E-state index >= 15 is 0 Å². The maximum Gasteiger partial charge on any atom is 0.227 e. The molecule has 5 rings (SSSR count). The lowest BCUT2D eigenvalue weighted by Crippen LogP contribution is -2.24. The minimum Gasteiger partial charge on any atom is -0.370 e. The molecule has 1 aromatic heterocycles. The number of allylic oxidation sites excluding steroid dienone is 2. The number of nitrogens with zero attached hydrogens (tertiary/aromatic N) is 1. The Kier molecular flexibility index (Phi) is 5.16. The van der Waals surface area contributed by atoms with Crippen molar-refractivity contribution >= 4 is 23.1 Å². The van der Waals surface area contributed by atoms with Crippen LogP contribution in [-0.2, 0) is 11.3 Å². The minimum absolute atomic E-state index is 0.00643. The fourth-order valence-electron chi connectivity index (χ4n) is 4.41. The fraction of sp³-hybridized carbons (Fsp3) is 0.231. The van der Waals surface area contributed by atoms with E-state index in [9.17, 15) is 9.59 Å². The molecule has 156 valence electrons. The average Bonchev–Trinajstić information content (AvgIpc) is 3.20. The molecular formula is C26H25N3O2. The first kappa shape index (κ1) is 19.4. The van der Waals surface area contributed by atoms with E-state index in [4.69, 9.17) is 0 Å². The summed E-state index contributed by atoms with van der Waals surface area (Å²) in [5.41, 5.74) is 4.42. The van der Waals surface area contributed by atoms with Crippen LogP contribution in [0.1, 0.15) is 46.9 Å². The molecule has 1 amide bonds. The van der Waals surface area contributed by atoms with Crippen molar-refractivity contribution in [1.82, 2.24) is 4.57 Å². The summed E-state index contributed by atoms with van der Waals surface area (Å²) in [6.07, 6.45) is 8.83. The zero-order chi connectivity index (χ0) is 21.2. The highest BCUT2D eigenvalue weighted by atomic mass is 16.2. The van der Waals surface area contributed by atoms with Gasteiger partial charge < -0.3 is 15.2 Å². The van der Waals surface area contributed by atoms with Crippen molar-refractivity contribution in [3.63, 3.8) is 0 Å². The van der Waals surface area contributed by atoms with Gasteiger partial charge in [0.15, 0.2) is 5.78 Å². The van der Waals surface area contributed by atoms with E-state index < -0.39 is 6.04 Å². The van der Waals surface area contributed by atoms with Crippen LogP contribution in [0.5, 0.6) is 0 Å². The number of fused-ring (bicyclic) bond motifs is 2. The number of nitrogens with one attached hydrogen (secondary N) is 2. The predicted octanol–water partition coefficient (Wildman–Crippen LogP) is 5.18. The van der Waals surface area contributed by atoms with Gasteiger partial charge in [-0.25, -0.2) is 0 Å². The number of para-hydroxylation sites is 1. The highest BCUT2D eigenvalue weighted by Gasteiger charge is 2.28. The molecule has 1 aliphatic carbocycles. The number of aromatic nitrogens is 1. The molecule has 5 nitrogen and oxygen atoms in total. The molecule has 0 saturated heterocycles. The Morgan fingerprint density at radius 3 is 2.61 bits per heavy atom. The third kappa shape index (κ3) is 3.91. The topological polar surface area (TPSA) is 63.1 Å². The number of amides is 1. The first-order chi connectivity index (χ1) is 15.2. The number of carbonyl (C=O) groups excluding carboxylic acids is 2. The van der Waals surface area contributed by atoms with Gasteiger partial charge in [0.2, 0.25) is 5.91 Å². The highest BCUT2D eigenvalue weighted by molar-refractivity contribution is 6.03. The molecule has 2 aliphatic rings. The van der Waals surface area contributed by atoms with Crippen LogP contribution in [0.15, 0.2) is 79.0 Å². The van der Waals surface area contributed by atoms with Crippen molar-refractivity contribution in [1.29, 1.82) is 0 Å². The first-order valence-electron chi connectivity index (χ1n) is 10.8. The van der Waals surface area contributed by atoms with Crippen LogP contribution < -0.4 is 10.6 Å². The SMILES string of the molecule is O=C(Nc1ccc(C(=O)C2Nc3ccccc3Cn3cccc32)cc1)C1CC=CCC1. The molecule has 2 N–H and O–H groups in total.